The Bertz CT molecular complexity index is 435. The summed E-state index contributed by atoms with van der Waals surface area (Å²) in [4.78, 5) is 15.9. The first-order valence-electron chi connectivity index (χ1n) is 6.28. The molecule has 0 saturated heterocycles. The van der Waals surface area contributed by atoms with Crippen LogP contribution < -0.4 is 5.32 Å². The van der Waals surface area contributed by atoms with Gasteiger partial charge in [0, 0.05) is 17.8 Å². The number of carbonyl (C=O) groups is 1. The minimum absolute atomic E-state index is 0.0285. The molecule has 5 heteroatoms. The van der Waals surface area contributed by atoms with E-state index in [1.165, 1.54) is 6.07 Å². The van der Waals surface area contributed by atoms with Crippen LogP contribution in [0.5, 0.6) is 0 Å². The van der Waals surface area contributed by atoms with Gasteiger partial charge in [0.2, 0.25) is 0 Å². The summed E-state index contributed by atoms with van der Waals surface area (Å²) in [5, 5.41) is 12.8. The summed E-state index contributed by atoms with van der Waals surface area (Å²) in [6.45, 7) is 8.14. The number of aliphatic hydroxyl groups excluding tert-OH is 1. The van der Waals surface area contributed by atoms with Crippen molar-refractivity contribution in [1.82, 2.24) is 10.3 Å². The summed E-state index contributed by atoms with van der Waals surface area (Å²) >= 11 is 5.80. The summed E-state index contributed by atoms with van der Waals surface area (Å²) in [6.07, 6.45) is 0.0750. The highest BCUT2D eigenvalue weighted by molar-refractivity contribution is 6.29. The lowest BCUT2D eigenvalue weighted by Crippen LogP contribution is -2.34. The van der Waals surface area contributed by atoms with E-state index in [-0.39, 0.29) is 17.9 Å². The van der Waals surface area contributed by atoms with Crippen molar-refractivity contribution in [2.24, 2.45) is 5.41 Å². The highest BCUT2D eigenvalue weighted by Crippen LogP contribution is 2.20. The van der Waals surface area contributed by atoms with Gasteiger partial charge in [-0.1, -0.05) is 32.4 Å². The number of rotatable bonds is 4. The number of halogens is 1. The Morgan fingerprint density at radius 3 is 2.63 bits per heavy atom. The zero-order valence-electron chi connectivity index (χ0n) is 11.8. The number of hydrogen-bond donors (Lipinski definition) is 2. The lowest BCUT2D eigenvalue weighted by molar-refractivity contribution is 0.0868. The van der Waals surface area contributed by atoms with Gasteiger partial charge >= 0.3 is 0 Å². The number of aromatic nitrogens is 1. The summed E-state index contributed by atoms with van der Waals surface area (Å²) in [5.74, 6) is -0.250. The maximum absolute atomic E-state index is 11.9. The van der Waals surface area contributed by atoms with Crippen LogP contribution in [0.3, 0.4) is 0 Å². The Balaban J connectivity index is 2.56. The van der Waals surface area contributed by atoms with Gasteiger partial charge in [-0.05, 0) is 30.9 Å². The fraction of sp³-hybridized carbons (Fsp3) is 0.571. The minimum Gasteiger partial charge on any atom is -0.391 e. The van der Waals surface area contributed by atoms with Crippen LogP contribution in [0, 0.1) is 12.3 Å². The maximum atomic E-state index is 11.9. The molecule has 1 rings (SSSR count). The second-order valence-electron chi connectivity index (χ2n) is 5.95. The molecule has 0 fully saturated rings. The molecule has 0 aliphatic rings. The quantitative estimate of drug-likeness (QED) is 0.836. The summed E-state index contributed by atoms with van der Waals surface area (Å²) in [7, 11) is 0. The SMILES string of the molecule is Cc1cc(C(=O)NCC(O)CC(C)(C)C)cc(Cl)n1. The molecule has 1 unspecified atom stereocenters. The molecule has 0 aliphatic carbocycles. The number of pyridine rings is 1. The molecular formula is C14H21ClN2O2. The molecule has 1 amide bonds. The zero-order chi connectivity index (χ0) is 14.6. The van der Waals surface area contributed by atoms with E-state index in [0.29, 0.717) is 22.8 Å². The van der Waals surface area contributed by atoms with Gasteiger partial charge in [0.25, 0.3) is 5.91 Å². The molecule has 106 valence electrons. The zero-order valence-corrected chi connectivity index (χ0v) is 12.6. The van der Waals surface area contributed by atoms with Crippen LogP contribution in [0.2, 0.25) is 5.15 Å². The molecule has 0 radical (unpaired) electrons. The van der Waals surface area contributed by atoms with Gasteiger partial charge in [-0.2, -0.15) is 0 Å². The lowest BCUT2D eigenvalue weighted by Gasteiger charge is -2.22. The Hall–Kier alpha value is -1.13. The Labute approximate surface area is 119 Å². The van der Waals surface area contributed by atoms with Crippen LogP contribution in [0.1, 0.15) is 43.2 Å². The van der Waals surface area contributed by atoms with E-state index < -0.39 is 6.10 Å². The molecule has 19 heavy (non-hydrogen) atoms. The van der Waals surface area contributed by atoms with Crippen LogP contribution in [0.4, 0.5) is 0 Å². The highest BCUT2D eigenvalue weighted by atomic mass is 35.5. The van der Waals surface area contributed by atoms with Crippen molar-refractivity contribution >= 4 is 17.5 Å². The molecule has 1 heterocycles. The van der Waals surface area contributed by atoms with Gasteiger partial charge in [0.05, 0.1) is 6.10 Å². The average Bonchev–Trinajstić information content (AvgIpc) is 2.22. The highest BCUT2D eigenvalue weighted by Gasteiger charge is 2.17. The molecule has 4 nitrogen and oxygen atoms in total. The minimum atomic E-state index is -0.553. The van der Waals surface area contributed by atoms with Gasteiger partial charge in [0.1, 0.15) is 5.15 Å². The second-order valence-corrected chi connectivity index (χ2v) is 6.34. The van der Waals surface area contributed by atoms with E-state index in [4.69, 9.17) is 11.6 Å². The number of amides is 1. The molecule has 1 aromatic rings. The van der Waals surface area contributed by atoms with Gasteiger partial charge in [0.15, 0.2) is 0 Å². The molecule has 0 saturated carbocycles. The molecule has 2 N–H and O–H groups in total. The normalized spacial score (nSPS) is 13.2. The van der Waals surface area contributed by atoms with Crippen molar-refractivity contribution in [3.05, 3.63) is 28.5 Å². The van der Waals surface area contributed by atoms with E-state index in [9.17, 15) is 9.90 Å². The van der Waals surface area contributed by atoms with Crippen molar-refractivity contribution in [2.75, 3.05) is 6.54 Å². The van der Waals surface area contributed by atoms with Gasteiger partial charge in [-0.25, -0.2) is 4.98 Å². The topological polar surface area (TPSA) is 62.2 Å². The van der Waals surface area contributed by atoms with Crippen molar-refractivity contribution in [3.8, 4) is 0 Å². The first-order chi connectivity index (χ1) is 8.67. The van der Waals surface area contributed by atoms with E-state index in [2.05, 4.69) is 10.3 Å². The third-order valence-electron chi connectivity index (χ3n) is 2.53. The van der Waals surface area contributed by atoms with Gasteiger partial charge in [-0.3, -0.25) is 4.79 Å². The molecule has 0 bridgehead atoms. The summed E-state index contributed by atoms with van der Waals surface area (Å²) < 4.78 is 0. The van der Waals surface area contributed by atoms with Crippen molar-refractivity contribution in [1.29, 1.82) is 0 Å². The van der Waals surface area contributed by atoms with Crippen molar-refractivity contribution in [2.45, 2.75) is 40.2 Å². The van der Waals surface area contributed by atoms with Crippen molar-refractivity contribution < 1.29 is 9.90 Å². The Morgan fingerprint density at radius 1 is 1.47 bits per heavy atom. The van der Waals surface area contributed by atoms with E-state index in [0.717, 1.165) is 0 Å². The monoisotopic (exact) mass is 284 g/mol. The van der Waals surface area contributed by atoms with Crippen LogP contribution >= 0.6 is 11.6 Å². The number of carbonyl (C=O) groups excluding carboxylic acids is 1. The molecular weight excluding hydrogens is 264 g/mol. The first kappa shape index (κ1) is 15.9. The fourth-order valence-electron chi connectivity index (χ4n) is 1.85. The number of nitrogens with zero attached hydrogens (tertiary/aromatic N) is 1. The third kappa shape index (κ3) is 6.03. The van der Waals surface area contributed by atoms with E-state index >= 15 is 0 Å². The average molecular weight is 285 g/mol. The van der Waals surface area contributed by atoms with Crippen LogP contribution in [-0.4, -0.2) is 28.6 Å². The lowest BCUT2D eigenvalue weighted by atomic mass is 9.89. The predicted octanol–water partition coefficient (Wildman–Crippen LogP) is 2.57. The van der Waals surface area contributed by atoms with E-state index in [1.54, 1.807) is 13.0 Å². The fourth-order valence-corrected chi connectivity index (χ4v) is 2.10. The molecule has 0 aliphatic heterocycles. The Kier molecular flexibility index (Phi) is 5.32. The number of aryl methyl sites for hydroxylation is 1. The molecule has 1 aromatic heterocycles. The first-order valence-corrected chi connectivity index (χ1v) is 6.65. The summed E-state index contributed by atoms with van der Waals surface area (Å²) in [5.41, 5.74) is 1.18. The summed E-state index contributed by atoms with van der Waals surface area (Å²) in [6, 6.07) is 3.18. The van der Waals surface area contributed by atoms with Crippen LogP contribution in [-0.2, 0) is 0 Å². The van der Waals surface area contributed by atoms with Crippen LogP contribution in [0.25, 0.3) is 0 Å². The second kappa shape index (κ2) is 6.35. The number of aliphatic hydroxyl groups is 1. The largest absolute Gasteiger partial charge is 0.391 e. The predicted molar refractivity (Wildman–Crippen MR) is 76.4 cm³/mol. The third-order valence-corrected chi connectivity index (χ3v) is 2.72. The van der Waals surface area contributed by atoms with E-state index in [1.807, 2.05) is 20.8 Å². The van der Waals surface area contributed by atoms with Gasteiger partial charge in [-0.15, -0.1) is 0 Å². The maximum Gasteiger partial charge on any atom is 0.251 e. The molecule has 1 atom stereocenters. The molecule has 0 aromatic carbocycles. The van der Waals surface area contributed by atoms with Crippen molar-refractivity contribution in [3.63, 3.8) is 0 Å². The standard InChI is InChI=1S/C14H21ClN2O2/c1-9-5-10(6-12(15)17-9)13(19)16-8-11(18)7-14(2,3)4/h5-6,11,18H,7-8H2,1-4H3,(H,16,19). The molecule has 0 spiro atoms. The van der Waals surface area contributed by atoms with Crippen LogP contribution in [0.15, 0.2) is 12.1 Å². The Morgan fingerprint density at radius 2 is 2.11 bits per heavy atom. The number of nitrogens with one attached hydrogen (secondary N) is 1. The smallest absolute Gasteiger partial charge is 0.251 e. The van der Waals surface area contributed by atoms with Gasteiger partial charge < -0.3 is 10.4 Å². The number of hydrogen-bond acceptors (Lipinski definition) is 3.